The van der Waals surface area contributed by atoms with Crippen molar-refractivity contribution in [2.24, 2.45) is 10.2 Å². The van der Waals surface area contributed by atoms with Crippen molar-refractivity contribution in [2.75, 3.05) is 26.3 Å². The van der Waals surface area contributed by atoms with Crippen molar-refractivity contribution < 1.29 is 14.3 Å². The Kier molecular flexibility index (Phi) is 7.36. The number of hydrogen-bond donors (Lipinski definition) is 0. The lowest BCUT2D eigenvalue weighted by atomic mass is 10.0. The molecule has 9 heteroatoms. The number of hydrogen-bond acceptors (Lipinski definition) is 5. The van der Waals surface area contributed by atoms with Crippen LogP contribution < -0.4 is 9.47 Å². The molecule has 0 saturated heterocycles. The zero-order valence-electron chi connectivity index (χ0n) is 13.9. The minimum atomic E-state index is -0.119. The number of ether oxygens (including phenoxy) is 2. The average Bonchev–Trinajstić information content (AvgIpc) is 2.69. The molecule has 0 aliphatic rings. The van der Waals surface area contributed by atoms with Crippen LogP contribution in [0.5, 0.6) is 11.5 Å². The van der Waals surface area contributed by atoms with E-state index >= 15 is 0 Å². The van der Waals surface area contributed by atoms with Gasteiger partial charge < -0.3 is 9.47 Å². The van der Waals surface area contributed by atoms with E-state index in [1.165, 1.54) is 0 Å². The third-order valence-electron chi connectivity index (χ3n) is 3.28. The van der Waals surface area contributed by atoms with Crippen molar-refractivity contribution in [1.29, 1.82) is 0 Å². The number of rotatable bonds is 10. The number of nitrogens with zero attached hydrogens (tertiary/aromatic N) is 6. The van der Waals surface area contributed by atoms with Crippen LogP contribution in [0.4, 0.5) is 0 Å². The Morgan fingerprint density at radius 1 is 0.769 bits per heavy atom. The first-order chi connectivity index (χ1) is 12.7. The van der Waals surface area contributed by atoms with E-state index in [9.17, 15) is 4.79 Å². The Morgan fingerprint density at radius 3 is 1.50 bits per heavy atom. The fourth-order valence-corrected chi connectivity index (χ4v) is 2.07. The molecule has 0 fully saturated rings. The van der Waals surface area contributed by atoms with Crippen LogP contribution in [0.25, 0.3) is 20.9 Å². The van der Waals surface area contributed by atoms with Gasteiger partial charge in [-0.15, -0.1) is 0 Å². The van der Waals surface area contributed by atoms with Gasteiger partial charge in [-0.2, -0.15) is 0 Å². The van der Waals surface area contributed by atoms with E-state index in [1.807, 2.05) is 0 Å². The molecule has 132 valence electrons. The van der Waals surface area contributed by atoms with Crippen LogP contribution in [0.3, 0.4) is 0 Å². The highest BCUT2D eigenvalue weighted by Gasteiger charge is 2.09. The van der Waals surface area contributed by atoms with Gasteiger partial charge in [0.2, 0.25) is 0 Å². The van der Waals surface area contributed by atoms with E-state index in [2.05, 4.69) is 20.1 Å². The Hall–Kier alpha value is -3.67. The number of benzene rings is 2. The van der Waals surface area contributed by atoms with Crippen LogP contribution in [-0.2, 0) is 0 Å². The molecule has 26 heavy (non-hydrogen) atoms. The van der Waals surface area contributed by atoms with Crippen LogP contribution in [0.1, 0.15) is 15.9 Å². The minimum Gasteiger partial charge on any atom is -0.493 e. The first kappa shape index (κ1) is 18.7. The van der Waals surface area contributed by atoms with Gasteiger partial charge in [0.1, 0.15) is 11.5 Å². The molecule has 2 aromatic rings. The summed E-state index contributed by atoms with van der Waals surface area (Å²) in [6.45, 7) is 1.04. The summed E-state index contributed by atoms with van der Waals surface area (Å²) in [7, 11) is 0. The molecule has 0 aromatic heterocycles. The van der Waals surface area contributed by atoms with Crippen molar-refractivity contribution in [2.45, 2.75) is 0 Å². The summed E-state index contributed by atoms with van der Waals surface area (Å²) in [5, 5.41) is 6.75. The molecule has 0 radical (unpaired) electrons. The molecule has 0 aliphatic heterocycles. The van der Waals surface area contributed by atoms with E-state index in [0.29, 0.717) is 22.6 Å². The largest absolute Gasteiger partial charge is 0.493 e. The Bertz CT molecular complexity index is 753. The summed E-state index contributed by atoms with van der Waals surface area (Å²) >= 11 is 0. The van der Waals surface area contributed by atoms with Gasteiger partial charge in [-0.05, 0) is 59.6 Å². The SMILES string of the molecule is [N-]=[N+]=NCCOc1ccc(C(=O)c2ccc(OCCN=[N+]=[N-])cc2)cc1. The molecular weight excluding hydrogens is 336 g/mol. The first-order valence-electron chi connectivity index (χ1n) is 7.76. The molecule has 0 atom stereocenters. The quantitative estimate of drug-likeness (QED) is 0.207. The van der Waals surface area contributed by atoms with Crippen molar-refractivity contribution in [3.8, 4) is 11.5 Å². The summed E-state index contributed by atoms with van der Waals surface area (Å²) in [6, 6.07) is 13.5. The second-order valence-corrected chi connectivity index (χ2v) is 4.98. The highest BCUT2D eigenvalue weighted by Crippen LogP contribution is 2.18. The van der Waals surface area contributed by atoms with Crippen LogP contribution >= 0.6 is 0 Å². The van der Waals surface area contributed by atoms with E-state index in [4.69, 9.17) is 20.5 Å². The average molecular weight is 352 g/mol. The predicted molar refractivity (Wildman–Crippen MR) is 95.3 cm³/mol. The maximum Gasteiger partial charge on any atom is 0.193 e. The normalized spacial score (nSPS) is 9.54. The van der Waals surface area contributed by atoms with E-state index in [0.717, 1.165) is 0 Å². The lowest BCUT2D eigenvalue weighted by molar-refractivity contribution is 0.103. The second-order valence-electron chi connectivity index (χ2n) is 4.98. The van der Waals surface area contributed by atoms with Gasteiger partial charge in [-0.1, -0.05) is 10.2 Å². The molecule has 0 heterocycles. The van der Waals surface area contributed by atoms with Crippen molar-refractivity contribution >= 4 is 5.78 Å². The summed E-state index contributed by atoms with van der Waals surface area (Å²) in [5.41, 5.74) is 17.4. The molecule has 2 aromatic carbocycles. The Balaban J connectivity index is 1.93. The smallest absolute Gasteiger partial charge is 0.193 e. The monoisotopic (exact) mass is 352 g/mol. The standard InChI is InChI=1S/C17H16N6O3/c18-22-20-9-11-25-15-5-1-13(2-6-15)17(24)14-3-7-16(8-4-14)26-12-10-21-23-19/h1-8H,9-12H2. The molecule has 0 unspecified atom stereocenters. The van der Waals surface area contributed by atoms with E-state index in [1.54, 1.807) is 48.5 Å². The van der Waals surface area contributed by atoms with Crippen LogP contribution in [0.2, 0.25) is 0 Å². The molecule has 0 amide bonds. The van der Waals surface area contributed by atoms with Crippen LogP contribution in [0.15, 0.2) is 58.8 Å². The fourth-order valence-electron chi connectivity index (χ4n) is 2.07. The minimum absolute atomic E-state index is 0.119. The molecule has 2 rings (SSSR count). The number of carbonyl (C=O) groups excluding carboxylic acids is 1. The van der Waals surface area contributed by atoms with E-state index < -0.39 is 0 Å². The summed E-state index contributed by atoms with van der Waals surface area (Å²) < 4.78 is 10.8. The van der Waals surface area contributed by atoms with Gasteiger partial charge >= 0.3 is 0 Å². The summed E-state index contributed by atoms with van der Waals surface area (Å²) in [5.74, 6) is 1.07. The molecule has 0 N–H and O–H groups in total. The van der Waals surface area contributed by atoms with Gasteiger partial charge in [-0.25, -0.2) is 0 Å². The van der Waals surface area contributed by atoms with Crippen LogP contribution in [0, 0.1) is 0 Å². The number of carbonyl (C=O) groups is 1. The van der Waals surface area contributed by atoms with Gasteiger partial charge in [0.15, 0.2) is 5.78 Å². The molecular formula is C17H16N6O3. The molecule has 0 aliphatic carbocycles. The molecule has 9 nitrogen and oxygen atoms in total. The molecule has 0 saturated carbocycles. The maximum atomic E-state index is 12.5. The lowest BCUT2D eigenvalue weighted by Gasteiger charge is -2.07. The predicted octanol–water partition coefficient (Wildman–Crippen LogP) is 4.30. The van der Waals surface area contributed by atoms with Crippen LogP contribution in [-0.4, -0.2) is 32.1 Å². The first-order valence-corrected chi connectivity index (χ1v) is 7.76. The van der Waals surface area contributed by atoms with Gasteiger partial charge in [0, 0.05) is 21.0 Å². The zero-order valence-corrected chi connectivity index (χ0v) is 13.9. The van der Waals surface area contributed by atoms with Gasteiger partial charge in [0.05, 0.1) is 26.3 Å². The highest BCUT2D eigenvalue weighted by molar-refractivity contribution is 6.09. The lowest BCUT2D eigenvalue weighted by Crippen LogP contribution is -2.04. The number of azide groups is 2. The summed E-state index contributed by atoms with van der Waals surface area (Å²) in [6.07, 6.45) is 0. The van der Waals surface area contributed by atoms with Crippen molar-refractivity contribution in [3.63, 3.8) is 0 Å². The highest BCUT2D eigenvalue weighted by atomic mass is 16.5. The van der Waals surface area contributed by atoms with E-state index in [-0.39, 0.29) is 32.1 Å². The fraction of sp³-hybridized carbons (Fsp3) is 0.235. The third kappa shape index (κ3) is 5.76. The maximum absolute atomic E-state index is 12.5. The van der Waals surface area contributed by atoms with Gasteiger partial charge in [-0.3, -0.25) is 4.79 Å². The third-order valence-corrected chi connectivity index (χ3v) is 3.28. The van der Waals surface area contributed by atoms with Crippen molar-refractivity contribution in [1.82, 2.24) is 0 Å². The number of ketones is 1. The van der Waals surface area contributed by atoms with Crippen molar-refractivity contribution in [3.05, 3.63) is 80.5 Å². The summed E-state index contributed by atoms with van der Waals surface area (Å²) in [4.78, 5) is 17.8. The molecule has 0 bridgehead atoms. The Morgan fingerprint density at radius 2 is 1.15 bits per heavy atom. The van der Waals surface area contributed by atoms with Gasteiger partial charge in [0.25, 0.3) is 0 Å². The Labute approximate surface area is 149 Å². The zero-order chi connectivity index (χ0) is 18.6. The molecule has 0 spiro atoms. The topological polar surface area (TPSA) is 133 Å². The second kappa shape index (κ2) is 10.2.